The summed E-state index contributed by atoms with van der Waals surface area (Å²) in [5.74, 6) is -0.439. The molecule has 0 aromatic heterocycles. The maximum atomic E-state index is 12.9. The van der Waals surface area contributed by atoms with Gasteiger partial charge in [0.25, 0.3) is 0 Å². The van der Waals surface area contributed by atoms with Crippen molar-refractivity contribution < 1.29 is 9.18 Å². The molecule has 0 aliphatic carbocycles. The van der Waals surface area contributed by atoms with Crippen molar-refractivity contribution in [2.24, 2.45) is 0 Å². The van der Waals surface area contributed by atoms with E-state index in [1.807, 2.05) is 12.1 Å². The van der Waals surface area contributed by atoms with Crippen molar-refractivity contribution in [1.82, 2.24) is 16.2 Å². The molecule has 0 bridgehead atoms. The normalized spacial score (nSPS) is 20.9. The predicted molar refractivity (Wildman–Crippen MR) is 87.2 cm³/mol. The van der Waals surface area contributed by atoms with Gasteiger partial charge in [0.15, 0.2) is 6.29 Å². The Morgan fingerprint density at radius 2 is 1.91 bits per heavy atom. The largest absolute Gasteiger partial charge is 0.352 e. The fourth-order valence-corrected chi connectivity index (χ4v) is 2.54. The van der Waals surface area contributed by atoms with Gasteiger partial charge < -0.3 is 10.6 Å². The Bertz CT molecular complexity index is 695. The Morgan fingerprint density at radius 1 is 1.13 bits per heavy atom. The summed E-state index contributed by atoms with van der Waals surface area (Å²) >= 11 is 5.93. The van der Waals surface area contributed by atoms with E-state index in [9.17, 15) is 9.18 Å². The third-order valence-electron chi connectivity index (χ3n) is 3.49. The highest BCUT2D eigenvalue weighted by Gasteiger charge is 2.27. The number of halogens is 2. The molecule has 1 fully saturated rings. The number of anilines is 1. The molecule has 2 aromatic rings. The summed E-state index contributed by atoms with van der Waals surface area (Å²) in [5, 5.41) is 6.54. The van der Waals surface area contributed by atoms with Gasteiger partial charge in [0.2, 0.25) is 5.91 Å². The van der Waals surface area contributed by atoms with Crippen LogP contribution in [0.15, 0.2) is 48.5 Å². The van der Waals surface area contributed by atoms with Crippen LogP contribution in [-0.4, -0.2) is 18.2 Å². The van der Waals surface area contributed by atoms with Crippen LogP contribution in [0.2, 0.25) is 5.02 Å². The molecule has 0 spiro atoms. The molecule has 1 aliphatic heterocycles. The van der Waals surface area contributed by atoms with E-state index in [2.05, 4.69) is 21.5 Å². The average molecular weight is 335 g/mol. The number of benzene rings is 2. The van der Waals surface area contributed by atoms with Gasteiger partial charge in [-0.2, -0.15) is 0 Å². The van der Waals surface area contributed by atoms with E-state index in [0.29, 0.717) is 11.4 Å². The Hall–Kier alpha value is -2.15. The molecule has 2 atom stereocenters. The average Bonchev–Trinajstić information content (AvgIpc) is 2.52. The number of hydrogen-bond acceptors (Lipinski definition) is 4. The first-order valence-corrected chi connectivity index (χ1v) is 7.56. The van der Waals surface area contributed by atoms with Crippen LogP contribution < -0.4 is 21.5 Å². The summed E-state index contributed by atoms with van der Waals surface area (Å²) in [5.41, 5.74) is 7.62. The van der Waals surface area contributed by atoms with E-state index in [0.717, 1.165) is 11.3 Å². The summed E-state index contributed by atoms with van der Waals surface area (Å²) in [6, 6.07) is 12.9. The Morgan fingerprint density at radius 3 is 2.61 bits per heavy atom. The smallest absolute Gasteiger partial charge is 0.241 e. The van der Waals surface area contributed by atoms with Crippen molar-refractivity contribution >= 4 is 23.2 Å². The molecule has 1 saturated heterocycles. The summed E-state index contributed by atoms with van der Waals surface area (Å²) < 4.78 is 12.9. The van der Waals surface area contributed by atoms with Crippen LogP contribution in [-0.2, 0) is 11.2 Å². The molecule has 0 saturated carbocycles. The van der Waals surface area contributed by atoms with Crippen LogP contribution in [0.5, 0.6) is 0 Å². The molecule has 1 amide bonds. The lowest BCUT2D eigenvalue weighted by atomic mass is 10.1. The van der Waals surface area contributed by atoms with E-state index in [-0.39, 0.29) is 11.7 Å². The fraction of sp³-hybridized carbons (Fsp3) is 0.188. The van der Waals surface area contributed by atoms with Crippen molar-refractivity contribution in [2.45, 2.75) is 18.8 Å². The quantitative estimate of drug-likeness (QED) is 0.690. The van der Waals surface area contributed by atoms with Gasteiger partial charge in [-0.25, -0.2) is 15.2 Å². The molecular weight excluding hydrogens is 319 g/mol. The van der Waals surface area contributed by atoms with Crippen molar-refractivity contribution in [2.75, 3.05) is 5.32 Å². The molecule has 2 unspecified atom stereocenters. The molecule has 3 rings (SSSR count). The minimum absolute atomic E-state index is 0.146. The highest BCUT2D eigenvalue weighted by Crippen LogP contribution is 2.15. The number of hydrogen-bond donors (Lipinski definition) is 4. The second-order valence-corrected chi connectivity index (χ2v) is 5.70. The van der Waals surface area contributed by atoms with Gasteiger partial charge >= 0.3 is 0 Å². The van der Waals surface area contributed by atoms with Crippen molar-refractivity contribution in [3.63, 3.8) is 0 Å². The fourth-order valence-electron chi connectivity index (χ4n) is 2.35. The number of amides is 1. The van der Waals surface area contributed by atoms with Gasteiger partial charge in [0, 0.05) is 10.7 Å². The summed E-state index contributed by atoms with van der Waals surface area (Å²) in [4.78, 5) is 12.2. The van der Waals surface area contributed by atoms with Gasteiger partial charge in [-0.05, 0) is 42.3 Å². The molecule has 0 radical (unpaired) electrons. The highest BCUT2D eigenvalue weighted by atomic mass is 35.5. The maximum Gasteiger partial charge on any atom is 0.241 e. The summed E-state index contributed by atoms with van der Waals surface area (Å²) in [6.45, 7) is 0. The number of carbonyl (C=O) groups excluding carboxylic acids is 1. The van der Waals surface area contributed by atoms with E-state index in [1.54, 1.807) is 24.3 Å². The molecule has 23 heavy (non-hydrogen) atoms. The lowest BCUT2D eigenvalue weighted by Gasteiger charge is -2.32. The van der Waals surface area contributed by atoms with Gasteiger partial charge in [0.05, 0.1) is 0 Å². The third-order valence-corrected chi connectivity index (χ3v) is 3.73. The number of carbonyl (C=O) groups is 1. The molecule has 5 nitrogen and oxygen atoms in total. The first-order valence-electron chi connectivity index (χ1n) is 7.18. The molecule has 4 N–H and O–H groups in total. The minimum atomic E-state index is -0.453. The van der Waals surface area contributed by atoms with E-state index >= 15 is 0 Å². The van der Waals surface area contributed by atoms with Gasteiger partial charge in [-0.15, -0.1) is 0 Å². The van der Waals surface area contributed by atoms with Crippen molar-refractivity contribution in [3.8, 4) is 0 Å². The third kappa shape index (κ3) is 4.19. The highest BCUT2D eigenvalue weighted by molar-refractivity contribution is 6.30. The molecule has 120 valence electrons. The van der Waals surface area contributed by atoms with Crippen molar-refractivity contribution in [3.05, 3.63) is 64.9 Å². The van der Waals surface area contributed by atoms with Gasteiger partial charge in [0.1, 0.15) is 11.9 Å². The second kappa shape index (κ2) is 6.95. The number of hydrazine groups is 1. The van der Waals surface area contributed by atoms with Gasteiger partial charge in [-0.3, -0.25) is 4.79 Å². The van der Waals surface area contributed by atoms with Crippen LogP contribution in [0.4, 0.5) is 10.1 Å². The molecule has 1 aliphatic rings. The van der Waals surface area contributed by atoms with E-state index in [4.69, 9.17) is 11.6 Å². The second-order valence-electron chi connectivity index (χ2n) is 5.27. The predicted octanol–water partition coefficient (Wildman–Crippen LogP) is 2.01. The number of rotatable bonds is 4. The first-order chi connectivity index (χ1) is 11.1. The molecule has 7 heteroatoms. The molecule has 1 heterocycles. The Labute approximate surface area is 138 Å². The first kappa shape index (κ1) is 15.7. The summed E-state index contributed by atoms with van der Waals surface area (Å²) in [7, 11) is 0. The van der Waals surface area contributed by atoms with Crippen LogP contribution >= 0.6 is 11.6 Å². The molecular formula is C16H16ClFN4O. The lowest BCUT2D eigenvalue weighted by molar-refractivity contribution is -0.126. The van der Waals surface area contributed by atoms with E-state index < -0.39 is 12.3 Å². The Kier molecular flexibility index (Phi) is 4.76. The molecule has 2 aromatic carbocycles. The maximum absolute atomic E-state index is 12.9. The SMILES string of the molecule is O=C1NC(Nc2cccc(Cl)c2)NNC1Cc1ccc(F)cc1. The standard InChI is InChI=1S/C16H16ClFN4O/c17-11-2-1-3-13(9-11)19-16-20-15(23)14(21-22-16)8-10-4-6-12(18)7-5-10/h1-7,9,14,16,19,21-22H,8H2,(H,20,23). The van der Waals surface area contributed by atoms with Gasteiger partial charge in [-0.1, -0.05) is 29.8 Å². The zero-order chi connectivity index (χ0) is 16.2. The van der Waals surface area contributed by atoms with Crippen LogP contribution in [0, 0.1) is 5.82 Å². The summed E-state index contributed by atoms with van der Waals surface area (Å²) in [6.07, 6.45) is 0.00801. The minimum Gasteiger partial charge on any atom is -0.352 e. The monoisotopic (exact) mass is 334 g/mol. The van der Waals surface area contributed by atoms with Crippen LogP contribution in [0.3, 0.4) is 0 Å². The zero-order valence-corrected chi connectivity index (χ0v) is 12.9. The van der Waals surface area contributed by atoms with Crippen LogP contribution in [0.25, 0.3) is 0 Å². The topological polar surface area (TPSA) is 65.2 Å². The van der Waals surface area contributed by atoms with E-state index in [1.165, 1.54) is 12.1 Å². The lowest BCUT2D eigenvalue weighted by Crippen LogP contribution is -2.68. The Balaban J connectivity index is 1.57. The van der Waals surface area contributed by atoms with Crippen LogP contribution in [0.1, 0.15) is 5.56 Å². The number of nitrogens with one attached hydrogen (secondary N) is 4. The zero-order valence-electron chi connectivity index (χ0n) is 12.1. The van der Waals surface area contributed by atoms with Crippen molar-refractivity contribution in [1.29, 1.82) is 0 Å².